The maximum Gasteiger partial charge on any atom is 0.407 e. The van der Waals surface area contributed by atoms with Gasteiger partial charge in [-0.05, 0) is 89.3 Å². The van der Waals surface area contributed by atoms with Crippen molar-refractivity contribution >= 4 is 49.8 Å². The smallest absolute Gasteiger partial charge is 0.407 e. The van der Waals surface area contributed by atoms with Crippen LogP contribution in [-0.4, -0.2) is 52.7 Å². The van der Waals surface area contributed by atoms with Crippen LogP contribution < -0.4 is 15.5 Å². The third-order valence-electron chi connectivity index (χ3n) is 6.51. The van der Waals surface area contributed by atoms with Crippen molar-refractivity contribution in [2.45, 2.75) is 70.4 Å². The molecule has 1 aliphatic heterocycles. The van der Waals surface area contributed by atoms with Crippen molar-refractivity contribution in [3.05, 3.63) is 57.0 Å². The van der Waals surface area contributed by atoms with E-state index in [9.17, 15) is 19.6 Å². The van der Waals surface area contributed by atoms with Crippen molar-refractivity contribution in [3.8, 4) is 11.5 Å². The molecule has 1 aliphatic rings. The zero-order valence-electron chi connectivity index (χ0n) is 22.6. The Labute approximate surface area is 245 Å². The lowest BCUT2D eigenvalue weighted by Crippen LogP contribution is -2.49. The highest BCUT2D eigenvalue weighted by Crippen LogP contribution is 2.38. The molecule has 11 heteroatoms. The molecule has 39 heavy (non-hydrogen) atoms. The van der Waals surface area contributed by atoms with Crippen LogP contribution in [0.25, 0.3) is 0 Å². The zero-order valence-corrected chi connectivity index (χ0v) is 25.7. The number of carbonyl (C=O) groups is 3. The molecule has 2 atom stereocenters. The summed E-state index contributed by atoms with van der Waals surface area (Å²) in [5.41, 5.74) is 1.13. The van der Waals surface area contributed by atoms with Crippen LogP contribution in [0.5, 0.6) is 11.5 Å². The monoisotopic (exact) mass is 667 g/mol. The molecule has 1 fully saturated rings. The Hall–Kier alpha value is -2.63. The molecule has 2 aromatic rings. The van der Waals surface area contributed by atoms with Gasteiger partial charge in [0.25, 0.3) is 5.91 Å². The molecular weight excluding hydrogens is 634 g/mol. The van der Waals surface area contributed by atoms with Crippen LogP contribution in [0.2, 0.25) is 0 Å². The Balaban J connectivity index is 1.61. The Morgan fingerprint density at radius 3 is 2.31 bits per heavy atom. The summed E-state index contributed by atoms with van der Waals surface area (Å²) in [6.07, 6.45) is 1.52. The van der Waals surface area contributed by atoms with Gasteiger partial charge in [0.05, 0.1) is 5.41 Å². The third kappa shape index (κ3) is 8.43. The fraction of sp³-hybridized carbons (Fsp3) is 0.464. The predicted molar refractivity (Wildman–Crippen MR) is 154 cm³/mol. The van der Waals surface area contributed by atoms with E-state index >= 15 is 0 Å². The van der Waals surface area contributed by atoms with Crippen LogP contribution in [0.3, 0.4) is 0 Å². The number of hydrogen-bond donors (Lipinski definition) is 3. The average molecular weight is 669 g/mol. The van der Waals surface area contributed by atoms with E-state index in [0.717, 1.165) is 14.5 Å². The fourth-order valence-electron chi connectivity index (χ4n) is 4.52. The van der Waals surface area contributed by atoms with E-state index in [0.29, 0.717) is 50.3 Å². The van der Waals surface area contributed by atoms with E-state index in [1.165, 1.54) is 4.90 Å². The molecule has 0 radical (unpaired) electrons. The van der Waals surface area contributed by atoms with Crippen LogP contribution in [0.4, 0.5) is 4.79 Å². The number of carbonyl (C=O) groups excluding carboxylic acids is 3. The summed E-state index contributed by atoms with van der Waals surface area (Å²) in [7, 11) is 0. The largest absolute Gasteiger partial charge is 0.457 e. The number of benzene rings is 2. The number of halogens is 2. The normalized spacial score (nSPS) is 18.0. The van der Waals surface area contributed by atoms with Crippen molar-refractivity contribution in [1.29, 1.82) is 0 Å². The van der Waals surface area contributed by atoms with Crippen molar-refractivity contribution in [2.24, 2.45) is 0 Å². The summed E-state index contributed by atoms with van der Waals surface area (Å²) >= 11 is 6.90. The molecule has 3 amide bonds. The summed E-state index contributed by atoms with van der Waals surface area (Å²) in [4.78, 5) is 39.5. The van der Waals surface area contributed by atoms with Crippen LogP contribution in [0.15, 0.2) is 51.4 Å². The lowest BCUT2D eigenvalue weighted by atomic mass is 9.81. The highest BCUT2D eigenvalue weighted by molar-refractivity contribution is 9.11. The number of nitrogens with one attached hydrogen (secondary N) is 2. The minimum atomic E-state index is -0.816. The van der Waals surface area contributed by atoms with E-state index in [1.54, 1.807) is 26.3 Å². The van der Waals surface area contributed by atoms with Gasteiger partial charge in [-0.3, -0.25) is 14.8 Å². The molecule has 1 saturated heterocycles. The molecule has 2 aromatic carbocycles. The minimum Gasteiger partial charge on any atom is -0.457 e. The number of unbranched alkanes of at least 4 members (excludes halogenated alkanes) is 1. The van der Waals surface area contributed by atoms with Gasteiger partial charge in [0.1, 0.15) is 23.1 Å². The molecule has 1 heterocycles. The van der Waals surface area contributed by atoms with Crippen LogP contribution in [0, 0.1) is 0 Å². The SMILES string of the molecule is CC(C)(C)OC(=O)NCCCCC(C(=O)NO)N1CCC(C)(c2ccc(Oc3cc(Br)cc(Br)c3)cc2)C1=O. The summed E-state index contributed by atoms with van der Waals surface area (Å²) in [5, 5.41) is 12.0. The summed E-state index contributed by atoms with van der Waals surface area (Å²) in [5.74, 6) is 0.494. The van der Waals surface area contributed by atoms with Crippen LogP contribution >= 0.6 is 31.9 Å². The molecule has 0 saturated carbocycles. The number of alkyl carbamates (subject to hydrolysis) is 1. The molecule has 3 N–H and O–H groups in total. The van der Waals surface area contributed by atoms with Gasteiger partial charge in [-0.2, -0.15) is 0 Å². The third-order valence-corrected chi connectivity index (χ3v) is 7.43. The lowest BCUT2D eigenvalue weighted by molar-refractivity contribution is -0.144. The second-order valence-electron chi connectivity index (χ2n) is 10.7. The highest BCUT2D eigenvalue weighted by Gasteiger charge is 2.47. The number of ether oxygens (including phenoxy) is 2. The number of rotatable bonds is 10. The van der Waals surface area contributed by atoms with Gasteiger partial charge >= 0.3 is 6.09 Å². The number of nitrogens with zero attached hydrogens (tertiary/aromatic N) is 1. The number of likely N-dealkylation sites (tertiary alicyclic amines) is 1. The van der Waals surface area contributed by atoms with Gasteiger partial charge in [-0.15, -0.1) is 0 Å². The molecule has 0 aromatic heterocycles. The van der Waals surface area contributed by atoms with E-state index < -0.39 is 29.1 Å². The minimum absolute atomic E-state index is 0.174. The van der Waals surface area contributed by atoms with Crippen molar-refractivity contribution < 1.29 is 29.1 Å². The maximum atomic E-state index is 13.6. The van der Waals surface area contributed by atoms with E-state index in [-0.39, 0.29) is 5.91 Å². The molecular formula is C28H35Br2N3O6. The summed E-state index contributed by atoms with van der Waals surface area (Å²) < 4.78 is 12.9. The zero-order chi connectivity index (χ0) is 28.8. The van der Waals surface area contributed by atoms with Gasteiger partial charge < -0.3 is 19.7 Å². The van der Waals surface area contributed by atoms with Crippen molar-refractivity contribution in [3.63, 3.8) is 0 Å². The second-order valence-corrected chi connectivity index (χ2v) is 12.6. The standard InChI is InChI=1S/C28H35Br2N3O6/c1-27(2,3)39-26(36)31-13-6-5-7-23(24(34)32-37)33-14-12-28(4,25(33)35)18-8-10-21(11-9-18)38-22-16-19(29)15-20(30)17-22/h8-11,15-17,23,37H,5-7,12-14H2,1-4H3,(H,31,36)(H,32,34). The molecule has 0 spiro atoms. The van der Waals surface area contributed by atoms with Gasteiger partial charge in [0.2, 0.25) is 5.91 Å². The number of hydroxylamine groups is 1. The maximum absolute atomic E-state index is 13.6. The first kappa shape index (κ1) is 30.9. The highest BCUT2D eigenvalue weighted by atomic mass is 79.9. The second kappa shape index (κ2) is 13.1. The fourth-order valence-corrected chi connectivity index (χ4v) is 5.77. The van der Waals surface area contributed by atoms with E-state index in [2.05, 4.69) is 37.2 Å². The molecule has 9 nitrogen and oxygen atoms in total. The predicted octanol–water partition coefficient (Wildman–Crippen LogP) is 6.06. The Morgan fingerprint density at radius 2 is 1.72 bits per heavy atom. The Bertz CT molecular complexity index is 1160. The molecule has 0 aliphatic carbocycles. The van der Waals surface area contributed by atoms with Crippen molar-refractivity contribution in [1.82, 2.24) is 15.7 Å². The molecule has 3 rings (SSSR count). The summed E-state index contributed by atoms with van der Waals surface area (Å²) in [6.45, 7) is 7.99. The van der Waals surface area contributed by atoms with Crippen LogP contribution in [-0.2, 0) is 19.7 Å². The van der Waals surface area contributed by atoms with Gasteiger partial charge in [0.15, 0.2) is 0 Å². The first-order valence-electron chi connectivity index (χ1n) is 12.8. The molecule has 212 valence electrons. The molecule has 0 bridgehead atoms. The first-order valence-corrected chi connectivity index (χ1v) is 14.4. The van der Waals surface area contributed by atoms with Gasteiger partial charge in [-0.1, -0.05) is 44.0 Å². The molecule has 2 unspecified atom stereocenters. The van der Waals surface area contributed by atoms with Gasteiger partial charge in [0, 0.05) is 22.0 Å². The summed E-state index contributed by atoms with van der Waals surface area (Å²) in [6, 6.07) is 12.2. The first-order chi connectivity index (χ1) is 18.3. The van der Waals surface area contributed by atoms with Crippen LogP contribution in [0.1, 0.15) is 58.9 Å². The van der Waals surface area contributed by atoms with E-state index in [4.69, 9.17) is 9.47 Å². The number of hydrogen-bond acceptors (Lipinski definition) is 6. The Morgan fingerprint density at radius 1 is 1.08 bits per heavy atom. The topological polar surface area (TPSA) is 117 Å². The average Bonchev–Trinajstić information content (AvgIpc) is 3.14. The number of amides is 3. The Kier molecular flexibility index (Phi) is 10.4. The quantitative estimate of drug-likeness (QED) is 0.161. The lowest BCUT2D eigenvalue weighted by Gasteiger charge is -2.29. The van der Waals surface area contributed by atoms with Gasteiger partial charge in [-0.25, -0.2) is 10.3 Å². The van der Waals surface area contributed by atoms with E-state index in [1.807, 2.05) is 49.4 Å². The van der Waals surface area contributed by atoms with Crippen molar-refractivity contribution in [2.75, 3.05) is 13.1 Å².